The summed E-state index contributed by atoms with van der Waals surface area (Å²) in [5.41, 5.74) is 1.96. The van der Waals surface area contributed by atoms with Crippen molar-refractivity contribution in [2.24, 2.45) is 7.05 Å². The number of thioether (sulfide) groups is 1. The summed E-state index contributed by atoms with van der Waals surface area (Å²) in [5, 5.41) is 14.0. The summed E-state index contributed by atoms with van der Waals surface area (Å²) in [7, 11) is 1.80. The van der Waals surface area contributed by atoms with Gasteiger partial charge in [0.1, 0.15) is 10.6 Å². The van der Waals surface area contributed by atoms with Crippen molar-refractivity contribution in [1.29, 1.82) is 0 Å². The lowest BCUT2D eigenvalue weighted by Gasteiger charge is -2.09. The zero-order valence-electron chi connectivity index (χ0n) is 17.7. The van der Waals surface area contributed by atoms with Gasteiger partial charge in [0, 0.05) is 18.0 Å². The molecule has 4 aromatic rings. The van der Waals surface area contributed by atoms with Gasteiger partial charge in [0.25, 0.3) is 0 Å². The van der Waals surface area contributed by atoms with Crippen molar-refractivity contribution in [2.75, 3.05) is 17.7 Å². The Morgan fingerprint density at radius 3 is 2.70 bits per heavy atom. The maximum absolute atomic E-state index is 12.7. The third-order valence-electron chi connectivity index (χ3n) is 4.57. The predicted molar refractivity (Wildman–Crippen MR) is 131 cm³/mol. The third-order valence-corrected chi connectivity index (χ3v) is 6.91. The Hall–Kier alpha value is -2.89. The van der Waals surface area contributed by atoms with Gasteiger partial charge in [-0.25, -0.2) is 4.79 Å². The number of carbonyl (C=O) groups excluding carboxylic acids is 2. The van der Waals surface area contributed by atoms with Crippen LogP contribution < -0.4 is 5.32 Å². The van der Waals surface area contributed by atoms with Crippen LogP contribution in [0.25, 0.3) is 22.7 Å². The molecule has 3 heterocycles. The number of amides is 1. The summed E-state index contributed by atoms with van der Waals surface area (Å²) in [6, 6.07) is 13.1. The minimum absolute atomic E-state index is 0.0919. The van der Waals surface area contributed by atoms with Crippen LogP contribution in [0, 0.1) is 0 Å². The first-order valence-corrected chi connectivity index (χ1v) is 12.6. The maximum Gasteiger partial charge on any atom is 0.341 e. The normalized spacial score (nSPS) is 10.9. The van der Waals surface area contributed by atoms with Gasteiger partial charge in [-0.3, -0.25) is 4.79 Å². The van der Waals surface area contributed by atoms with Crippen LogP contribution in [0.1, 0.15) is 17.3 Å². The van der Waals surface area contributed by atoms with Crippen LogP contribution in [0.5, 0.6) is 0 Å². The van der Waals surface area contributed by atoms with Crippen molar-refractivity contribution in [1.82, 2.24) is 14.8 Å². The molecule has 1 N–H and O–H groups in total. The zero-order chi connectivity index (χ0) is 23.4. The lowest BCUT2D eigenvalue weighted by molar-refractivity contribution is -0.113. The van der Waals surface area contributed by atoms with Crippen molar-refractivity contribution in [3.63, 3.8) is 0 Å². The van der Waals surface area contributed by atoms with Gasteiger partial charge in [-0.05, 0) is 40.5 Å². The van der Waals surface area contributed by atoms with E-state index < -0.39 is 5.97 Å². The number of anilines is 1. The molecule has 0 aliphatic rings. The monoisotopic (exact) mass is 546 g/mol. The minimum Gasteiger partial charge on any atom is -0.462 e. The molecule has 0 atom stereocenters. The quantitative estimate of drug-likeness (QED) is 0.231. The summed E-state index contributed by atoms with van der Waals surface area (Å²) in [5.74, 6) is 0.480. The predicted octanol–water partition coefficient (Wildman–Crippen LogP) is 5.47. The van der Waals surface area contributed by atoms with E-state index in [9.17, 15) is 9.59 Å². The van der Waals surface area contributed by atoms with Gasteiger partial charge in [0.05, 0.1) is 12.4 Å². The van der Waals surface area contributed by atoms with E-state index in [2.05, 4.69) is 31.4 Å². The van der Waals surface area contributed by atoms with Gasteiger partial charge in [-0.1, -0.05) is 42.1 Å². The number of nitrogens with one attached hydrogen (secondary N) is 1. The van der Waals surface area contributed by atoms with E-state index in [1.807, 2.05) is 35.7 Å². The number of halogens is 1. The number of aromatic nitrogens is 3. The van der Waals surface area contributed by atoms with Crippen molar-refractivity contribution in [2.45, 2.75) is 12.1 Å². The molecule has 3 aromatic heterocycles. The number of carbonyl (C=O) groups is 2. The fraction of sp³-hybridized carbons (Fsp3) is 0.182. The first kappa shape index (κ1) is 23.3. The van der Waals surface area contributed by atoms with Gasteiger partial charge in [0.2, 0.25) is 5.91 Å². The molecular weight excluding hydrogens is 528 g/mol. The van der Waals surface area contributed by atoms with Gasteiger partial charge >= 0.3 is 5.97 Å². The highest BCUT2D eigenvalue weighted by Gasteiger charge is 2.23. The minimum atomic E-state index is -0.469. The van der Waals surface area contributed by atoms with E-state index in [1.54, 1.807) is 30.7 Å². The molecule has 0 unspecified atom stereocenters. The average Bonchev–Trinajstić information content (AvgIpc) is 3.51. The maximum atomic E-state index is 12.7. The lowest BCUT2D eigenvalue weighted by Crippen LogP contribution is -2.16. The van der Waals surface area contributed by atoms with E-state index in [0.29, 0.717) is 32.0 Å². The second-order valence-electron chi connectivity index (χ2n) is 6.75. The smallest absolute Gasteiger partial charge is 0.341 e. The Labute approximate surface area is 206 Å². The Bertz CT molecular complexity index is 1280. The second-order valence-corrected chi connectivity index (χ2v) is 9.35. The first-order chi connectivity index (χ1) is 16.0. The number of hydrogen-bond donors (Lipinski definition) is 1. The topological polar surface area (TPSA) is 99.2 Å². The van der Waals surface area contributed by atoms with Crippen LogP contribution in [0.2, 0.25) is 0 Å². The molecule has 0 bridgehead atoms. The van der Waals surface area contributed by atoms with Gasteiger partial charge < -0.3 is 19.0 Å². The molecule has 1 aromatic carbocycles. The van der Waals surface area contributed by atoms with E-state index in [4.69, 9.17) is 9.15 Å². The number of furan rings is 1. The molecule has 0 radical (unpaired) electrons. The van der Waals surface area contributed by atoms with Gasteiger partial charge in [-0.2, -0.15) is 0 Å². The Balaban J connectivity index is 1.48. The molecule has 0 saturated heterocycles. The Morgan fingerprint density at radius 2 is 2.00 bits per heavy atom. The average molecular weight is 547 g/mol. The van der Waals surface area contributed by atoms with Gasteiger partial charge in [-0.15, -0.1) is 21.5 Å². The number of rotatable bonds is 8. The number of hydrogen-bond acceptors (Lipinski definition) is 8. The van der Waals surface area contributed by atoms with Crippen LogP contribution >= 0.6 is 39.0 Å². The summed E-state index contributed by atoms with van der Waals surface area (Å²) in [6.07, 6.45) is 0. The number of nitrogens with zero attached hydrogens (tertiary/aromatic N) is 3. The van der Waals surface area contributed by atoms with Crippen molar-refractivity contribution in [3.8, 4) is 22.7 Å². The molecule has 4 rings (SSSR count). The van der Waals surface area contributed by atoms with Crippen LogP contribution in [-0.2, 0) is 16.6 Å². The van der Waals surface area contributed by atoms with E-state index >= 15 is 0 Å². The van der Waals surface area contributed by atoms with Crippen LogP contribution in [0.4, 0.5) is 5.00 Å². The summed E-state index contributed by atoms with van der Waals surface area (Å²) in [6.45, 7) is 1.99. The highest BCUT2D eigenvalue weighted by Crippen LogP contribution is 2.36. The summed E-state index contributed by atoms with van der Waals surface area (Å²) in [4.78, 5) is 25.4. The molecule has 170 valence electrons. The van der Waals surface area contributed by atoms with Crippen molar-refractivity contribution < 1.29 is 18.7 Å². The van der Waals surface area contributed by atoms with E-state index in [-0.39, 0.29) is 18.3 Å². The first-order valence-electron chi connectivity index (χ1n) is 9.89. The number of ether oxygens (including phenoxy) is 1. The molecule has 1 amide bonds. The van der Waals surface area contributed by atoms with Crippen LogP contribution in [-0.4, -0.2) is 39.0 Å². The number of thiophene rings is 1. The Morgan fingerprint density at radius 1 is 1.21 bits per heavy atom. The van der Waals surface area contributed by atoms with E-state index in [0.717, 1.165) is 11.1 Å². The van der Waals surface area contributed by atoms with Crippen LogP contribution in [0.15, 0.2) is 62.1 Å². The fourth-order valence-corrected chi connectivity index (χ4v) is 5.06. The molecule has 0 fully saturated rings. The number of esters is 1. The number of benzene rings is 1. The fourth-order valence-electron chi connectivity index (χ4n) is 3.07. The largest absolute Gasteiger partial charge is 0.462 e. The van der Waals surface area contributed by atoms with Crippen molar-refractivity contribution >= 4 is 55.9 Å². The summed E-state index contributed by atoms with van der Waals surface area (Å²) >= 11 is 5.80. The van der Waals surface area contributed by atoms with Crippen molar-refractivity contribution in [3.05, 3.63) is 58.1 Å². The highest BCUT2D eigenvalue weighted by molar-refractivity contribution is 9.10. The summed E-state index contributed by atoms with van der Waals surface area (Å²) < 4.78 is 13.1. The molecule has 0 spiro atoms. The Kier molecular flexibility index (Phi) is 7.31. The highest BCUT2D eigenvalue weighted by atomic mass is 79.9. The SMILES string of the molecule is CCOC(=O)c1c(-c2ccccc2)csc1NC(=O)CSc1nnc(-c2ccc(Br)o2)n1C. The third kappa shape index (κ3) is 5.21. The molecule has 33 heavy (non-hydrogen) atoms. The van der Waals surface area contributed by atoms with E-state index in [1.165, 1.54) is 23.1 Å². The molecule has 11 heteroatoms. The second kappa shape index (κ2) is 10.4. The molecule has 0 saturated carbocycles. The van der Waals surface area contributed by atoms with Gasteiger partial charge in [0.15, 0.2) is 21.4 Å². The van der Waals surface area contributed by atoms with Crippen LogP contribution in [0.3, 0.4) is 0 Å². The molecule has 8 nitrogen and oxygen atoms in total. The standard InChI is InChI=1S/C22H19BrN4O4S2/c1-3-30-21(29)18-14(13-7-5-4-6-8-13)11-32-20(18)24-17(28)12-33-22-26-25-19(27(22)2)15-9-10-16(23)31-15/h4-11H,3,12H2,1-2H3,(H,24,28). The zero-order valence-corrected chi connectivity index (χ0v) is 20.9. The lowest BCUT2D eigenvalue weighted by atomic mass is 10.0. The molecule has 0 aliphatic heterocycles. The molecular formula is C22H19BrN4O4S2. The molecule has 0 aliphatic carbocycles.